The monoisotopic (exact) mass is 328 g/mol. The Bertz CT molecular complexity index is 732. The van der Waals surface area contributed by atoms with E-state index in [1.807, 2.05) is 35.3 Å². The number of pyridine rings is 1. The third-order valence-electron chi connectivity index (χ3n) is 4.91. The number of nitrogens with zero attached hydrogens (tertiary/aromatic N) is 2. The fourth-order valence-electron chi connectivity index (χ4n) is 3.67. The summed E-state index contributed by atoms with van der Waals surface area (Å²) in [5.41, 5.74) is 2.60. The molecule has 0 saturated carbocycles. The second kappa shape index (κ2) is 5.73. The molecule has 4 rings (SSSR count). The lowest BCUT2D eigenvalue weighted by Gasteiger charge is -2.44. The van der Waals surface area contributed by atoms with Gasteiger partial charge in [-0.3, -0.25) is 4.79 Å². The highest BCUT2D eigenvalue weighted by Gasteiger charge is 2.42. The van der Waals surface area contributed by atoms with Crippen LogP contribution in [0.5, 0.6) is 0 Å². The highest BCUT2D eigenvalue weighted by Crippen LogP contribution is 2.43. The molecule has 2 aliphatic rings. The molecule has 1 saturated heterocycles. The van der Waals surface area contributed by atoms with E-state index >= 15 is 0 Å². The molecule has 2 aliphatic heterocycles. The lowest BCUT2D eigenvalue weighted by atomic mass is 9.82. The summed E-state index contributed by atoms with van der Waals surface area (Å²) < 4.78 is 6.20. The van der Waals surface area contributed by atoms with E-state index in [-0.39, 0.29) is 11.5 Å². The second-order valence-corrected chi connectivity index (χ2v) is 7.31. The molecule has 1 spiro atoms. The number of likely N-dealkylation sites (tertiary alicyclic amines) is 1. The van der Waals surface area contributed by atoms with E-state index in [2.05, 4.69) is 16.4 Å². The molecule has 1 fully saturated rings. The molecule has 23 heavy (non-hydrogen) atoms. The van der Waals surface area contributed by atoms with Gasteiger partial charge in [-0.25, -0.2) is 4.98 Å². The van der Waals surface area contributed by atoms with E-state index < -0.39 is 0 Å². The minimum Gasteiger partial charge on any atom is -0.370 e. The zero-order chi connectivity index (χ0) is 15.9. The van der Waals surface area contributed by atoms with Crippen LogP contribution >= 0.6 is 11.3 Å². The summed E-state index contributed by atoms with van der Waals surface area (Å²) in [6.07, 6.45) is 2.76. The van der Waals surface area contributed by atoms with E-state index in [0.29, 0.717) is 5.69 Å². The maximum Gasteiger partial charge on any atom is 0.272 e. The molecule has 0 radical (unpaired) electrons. The van der Waals surface area contributed by atoms with Gasteiger partial charge >= 0.3 is 0 Å². The average molecular weight is 328 g/mol. The van der Waals surface area contributed by atoms with Crippen molar-refractivity contribution in [1.29, 1.82) is 0 Å². The van der Waals surface area contributed by atoms with Crippen LogP contribution in [-0.4, -0.2) is 35.5 Å². The van der Waals surface area contributed by atoms with Crippen LogP contribution in [0.15, 0.2) is 29.6 Å². The highest BCUT2D eigenvalue weighted by atomic mass is 32.1. The van der Waals surface area contributed by atoms with Crippen molar-refractivity contribution in [2.24, 2.45) is 0 Å². The number of thiophene rings is 1. The Balaban J connectivity index is 1.51. The van der Waals surface area contributed by atoms with Crippen LogP contribution in [0.2, 0.25) is 0 Å². The summed E-state index contributed by atoms with van der Waals surface area (Å²) in [7, 11) is 0. The number of hydrogen-bond acceptors (Lipinski definition) is 4. The Morgan fingerprint density at radius 1 is 1.30 bits per heavy atom. The Morgan fingerprint density at radius 2 is 2.13 bits per heavy atom. The molecule has 0 aliphatic carbocycles. The Hall–Kier alpha value is -1.72. The summed E-state index contributed by atoms with van der Waals surface area (Å²) in [5.74, 6) is 0.0323. The third kappa shape index (κ3) is 2.58. The fraction of sp³-hybridized carbons (Fsp3) is 0.444. The number of hydrogen-bond donors (Lipinski definition) is 0. The summed E-state index contributed by atoms with van der Waals surface area (Å²) in [4.78, 5) is 20.4. The zero-order valence-electron chi connectivity index (χ0n) is 13.2. The van der Waals surface area contributed by atoms with Crippen molar-refractivity contribution < 1.29 is 9.53 Å². The number of rotatable bonds is 1. The maximum absolute atomic E-state index is 12.6. The van der Waals surface area contributed by atoms with Crippen molar-refractivity contribution in [3.8, 4) is 0 Å². The molecule has 0 N–H and O–H groups in total. The van der Waals surface area contributed by atoms with E-state index in [4.69, 9.17) is 4.74 Å². The van der Waals surface area contributed by atoms with Crippen LogP contribution in [0.3, 0.4) is 0 Å². The van der Waals surface area contributed by atoms with Gasteiger partial charge in [-0.05, 0) is 48.9 Å². The van der Waals surface area contributed by atoms with Gasteiger partial charge in [0.25, 0.3) is 5.91 Å². The van der Waals surface area contributed by atoms with Gasteiger partial charge < -0.3 is 9.64 Å². The Labute approximate surface area is 140 Å². The number of aryl methyl sites for hydroxylation is 1. The van der Waals surface area contributed by atoms with Gasteiger partial charge in [0, 0.05) is 30.1 Å². The number of fused-ring (bicyclic) bond motifs is 2. The van der Waals surface area contributed by atoms with Gasteiger partial charge in [-0.2, -0.15) is 0 Å². The van der Waals surface area contributed by atoms with Crippen LogP contribution in [0.4, 0.5) is 0 Å². The first-order valence-corrected chi connectivity index (χ1v) is 9.00. The Morgan fingerprint density at radius 3 is 2.91 bits per heavy atom. The van der Waals surface area contributed by atoms with Crippen molar-refractivity contribution in [1.82, 2.24) is 9.88 Å². The smallest absolute Gasteiger partial charge is 0.272 e. The van der Waals surface area contributed by atoms with Gasteiger partial charge in [-0.15, -0.1) is 11.3 Å². The van der Waals surface area contributed by atoms with Crippen molar-refractivity contribution in [2.75, 3.05) is 19.7 Å². The van der Waals surface area contributed by atoms with Gasteiger partial charge in [0.1, 0.15) is 5.69 Å². The molecular weight excluding hydrogens is 308 g/mol. The number of carbonyl (C=O) groups is 1. The van der Waals surface area contributed by atoms with Crippen molar-refractivity contribution in [2.45, 2.75) is 31.8 Å². The average Bonchev–Trinajstić information content (AvgIpc) is 3.05. The van der Waals surface area contributed by atoms with Crippen LogP contribution in [0, 0.1) is 6.92 Å². The topological polar surface area (TPSA) is 42.4 Å². The first-order chi connectivity index (χ1) is 11.2. The normalized spacial score (nSPS) is 19.6. The first-order valence-electron chi connectivity index (χ1n) is 8.12. The van der Waals surface area contributed by atoms with E-state index in [0.717, 1.165) is 44.7 Å². The number of ether oxygens (including phenoxy) is 1. The molecule has 120 valence electrons. The molecule has 0 bridgehead atoms. The summed E-state index contributed by atoms with van der Waals surface area (Å²) >= 11 is 1.83. The predicted octanol–water partition coefficient (Wildman–Crippen LogP) is 3.16. The summed E-state index contributed by atoms with van der Waals surface area (Å²) in [5, 5.41) is 2.16. The van der Waals surface area contributed by atoms with Gasteiger partial charge in [0.05, 0.1) is 12.2 Å². The van der Waals surface area contributed by atoms with Crippen LogP contribution in [0.1, 0.15) is 39.5 Å². The largest absolute Gasteiger partial charge is 0.370 e. The Kier molecular flexibility index (Phi) is 3.70. The molecule has 2 aromatic heterocycles. The summed E-state index contributed by atoms with van der Waals surface area (Å²) in [6.45, 7) is 4.16. The van der Waals surface area contributed by atoms with Gasteiger partial charge in [-0.1, -0.05) is 6.07 Å². The number of aromatic nitrogens is 1. The molecule has 0 atom stereocenters. The molecule has 5 heteroatoms. The van der Waals surface area contributed by atoms with E-state index in [1.165, 1.54) is 10.4 Å². The van der Waals surface area contributed by atoms with E-state index in [9.17, 15) is 4.79 Å². The standard InChI is InChI=1S/C18H20N2O2S/c1-13-3-2-4-15(19-13)17(21)20-9-7-18(8-10-20)14-6-12-23-16(14)5-11-22-18/h2-4,6,12H,5,7-11H2,1H3. The lowest BCUT2D eigenvalue weighted by Crippen LogP contribution is -2.48. The molecule has 0 aromatic carbocycles. The summed E-state index contributed by atoms with van der Waals surface area (Å²) in [6, 6.07) is 7.81. The minimum absolute atomic E-state index is 0.0323. The van der Waals surface area contributed by atoms with Crippen LogP contribution in [0.25, 0.3) is 0 Å². The molecule has 0 unspecified atom stereocenters. The van der Waals surface area contributed by atoms with Gasteiger partial charge in [0.15, 0.2) is 0 Å². The lowest BCUT2D eigenvalue weighted by molar-refractivity contribution is -0.0926. The predicted molar refractivity (Wildman–Crippen MR) is 89.8 cm³/mol. The highest BCUT2D eigenvalue weighted by molar-refractivity contribution is 7.10. The first kappa shape index (κ1) is 14.8. The molecule has 4 nitrogen and oxygen atoms in total. The second-order valence-electron chi connectivity index (χ2n) is 6.31. The molecule has 1 amide bonds. The van der Waals surface area contributed by atoms with Crippen LogP contribution in [-0.2, 0) is 16.8 Å². The third-order valence-corrected chi connectivity index (χ3v) is 5.89. The van der Waals surface area contributed by atoms with Crippen molar-refractivity contribution in [3.05, 3.63) is 51.5 Å². The molecular formula is C18H20N2O2S. The van der Waals surface area contributed by atoms with E-state index in [1.54, 1.807) is 6.07 Å². The van der Waals surface area contributed by atoms with Gasteiger partial charge in [0.2, 0.25) is 0 Å². The van der Waals surface area contributed by atoms with Crippen LogP contribution < -0.4 is 0 Å². The SMILES string of the molecule is Cc1cccc(C(=O)N2CCC3(CC2)OCCc2sccc23)n1. The number of amides is 1. The zero-order valence-corrected chi connectivity index (χ0v) is 14.1. The number of carbonyl (C=O) groups excluding carboxylic acids is 1. The minimum atomic E-state index is -0.176. The van der Waals surface area contributed by atoms with Crippen molar-refractivity contribution >= 4 is 17.2 Å². The quantitative estimate of drug-likeness (QED) is 0.807. The maximum atomic E-state index is 12.6. The fourth-order valence-corrected chi connectivity index (χ4v) is 4.62. The molecule has 2 aromatic rings. The number of piperidine rings is 1. The molecule has 4 heterocycles. The van der Waals surface area contributed by atoms with Crippen molar-refractivity contribution in [3.63, 3.8) is 0 Å².